The Labute approximate surface area is 145 Å². The highest BCUT2D eigenvalue weighted by atomic mass is 32.2. The first-order valence-corrected chi connectivity index (χ1v) is 9.31. The number of carbonyl (C=O) groups excluding carboxylic acids is 1. The Kier molecular flexibility index (Phi) is 4.33. The highest BCUT2D eigenvalue weighted by Gasteiger charge is 2.38. The third-order valence-corrected chi connectivity index (χ3v) is 5.96. The van der Waals surface area contributed by atoms with Crippen molar-refractivity contribution in [3.63, 3.8) is 0 Å². The van der Waals surface area contributed by atoms with Crippen LogP contribution in [-0.4, -0.2) is 52.8 Å². The summed E-state index contributed by atoms with van der Waals surface area (Å²) in [4.78, 5) is 14.8. The maximum Gasteiger partial charge on any atom is 0.292 e. The first kappa shape index (κ1) is 15.7. The number of amides is 1. The molecule has 0 N–H and O–H groups in total. The number of hydrogen-bond donors (Lipinski definition) is 0. The standard InChI is InChI=1S/C18H20N2O3S/c1-12-2-4-13(5-3-12)14-10-16(23-19-14)18(21)20-7-9-24-17-11-22-8-6-15(17)20/h2-5,10,15,17H,6-9,11H2,1H3/t15-,17-/m1/s1. The molecule has 2 fully saturated rings. The molecule has 126 valence electrons. The zero-order chi connectivity index (χ0) is 16.5. The van der Waals surface area contributed by atoms with Gasteiger partial charge in [-0.1, -0.05) is 35.0 Å². The maximum atomic E-state index is 12.9. The van der Waals surface area contributed by atoms with Gasteiger partial charge in [0.05, 0.1) is 6.61 Å². The molecule has 1 amide bonds. The second kappa shape index (κ2) is 6.61. The second-order valence-electron chi connectivity index (χ2n) is 6.28. The molecule has 0 saturated carbocycles. The minimum atomic E-state index is -0.0574. The lowest BCUT2D eigenvalue weighted by atomic mass is 10.1. The lowest BCUT2D eigenvalue weighted by Crippen LogP contribution is -2.54. The number of fused-ring (bicyclic) bond motifs is 1. The summed E-state index contributed by atoms with van der Waals surface area (Å²) < 4.78 is 10.9. The van der Waals surface area contributed by atoms with Gasteiger partial charge in [-0.15, -0.1) is 0 Å². The van der Waals surface area contributed by atoms with E-state index in [4.69, 9.17) is 9.26 Å². The number of rotatable bonds is 2. The number of hydrogen-bond acceptors (Lipinski definition) is 5. The summed E-state index contributed by atoms with van der Waals surface area (Å²) in [5.41, 5.74) is 2.85. The summed E-state index contributed by atoms with van der Waals surface area (Å²) in [7, 11) is 0. The van der Waals surface area contributed by atoms with E-state index < -0.39 is 0 Å². The Hall–Kier alpha value is -1.79. The number of carbonyl (C=O) groups is 1. The molecule has 1 aromatic carbocycles. The van der Waals surface area contributed by atoms with E-state index in [-0.39, 0.29) is 11.9 Å². The Bertz CT molecular complexity index is 726. The summed E-state index contributed by atoms with van der Waals surface area (Å²) >= 11 is 1.90. The van der Waals surface area contributed by atoms with Crippen molar-refractivity contribution in [3.8, 4) is 11.3 Å². The number of aryl methyl sites for hydroxylation is 1. The zero-order valence-corrected chi connectivity index (χ0v) is 14.4. The molecule has 5 nitrogen and oxygen atoms in total. The predicted octanol–water partition coefficient (Wildman–Crippen LogP) is 3.00. The van der Waals surface area contributed by atoms with E-state index in [1.807, 2.05) is 47.9 Å². The molecule has 6 heteroatoms. The van der Waals surface area contributed by atoms with Crippen LogP contribution < -0.4 is 0 Å². The van der Waals surface area contributed by atoms with Crippen molar-refractivity contribution >= 4 is 17.7 Å². The van der Waals surface area contributed by atoms with E-state index in [0.29, 0.717) is 16.7 Å². The number of nitrogens with zero attached hydrogens (tertiary/aromatic N) is 2. The van der Waals surface area contributed by atoms with Gasteiger partial charge in [0.15, 0.2) is 0 Å². The van der Waals surface area contributed by atoms with Gasteiger partial charge in [0, 0.05) is 41.8 Å². The van der Waals surface area contributed by atoms with Crippen LogP contribution in [0.5, 0.6) is 0 Å². The van der Waals surface area contributed by atoms with Crippen LogP contribution >= 0.6 is 11.8 Å². The second-order valence-corrected chi connectivity index (χ2v) is 7.63. The largest absolute Gasteiger partial charge is 0.380 e. The van der Waals surface area contributed by atoms with Crippen LogP contribution in [0.15, 0.2) is 34.9 Å². The van der Waals surface area contributed by atoms with E-state index in [1.54, 1.807) is 6.07 Å². The SMILES string of the molecule is Cc1ccc(-c2cc(C(=O)N3CCS[C@@H]4COCC[C@H]43)on2)cc1. The molecular weight excluding hydrogens is 324 g/mol. The molecule has 2 saturated heterocycles. The van der Waals surface area contributed by atoms with Crippen LogP contribution in [0.3, 0.4) is 0 Å². The normalized spacial score (nSPS) is 23.8. The maximum absolute atomic E-state index is 12.9. The highest BCUT2D eigenvalue weighted by Crippen LogP contribution is 2.31. The first-order chi connectivity index (χ1) is 11.7. The Morgan fingerprint density at radius 3 is 3.00 bits per heavy atom. The predicted molar refractivity (Wildman–Crippen MR) is 93.2 cm³/mol. The topological polar surface area (TPSA) is 55.6 Å². The average Bonchev–Trinajstić information content (AvgIpc) is 3.11. The summed E-state index contributed by atoms with van der Waals surface area (Å²) in [6.45, 7) is 4.24. The number of thioether (sulfide) groups is 1. The fraction of sp³-hybridized carbons (Fsp3) is 0.444. The molecule has 2 aliphatic heterocycles. The van der Waals surface area contributed by atoms with Crippen molar-refractivity contribution in [1.29, 1.82) is 0 Å². The van der Waals surface area contributed by atoms with E-state index >= 15 is 0 Å². The zero-order valence-electron chi connectivity index (χ0n) is 13.6. The minimum Gasteiger partial charge on any atom is -0.380 e. The van der Waals surface area contributed by atoms with Gasteiger partial charge in [-0.05, 0) is 13.3 Å². The number of aromatic nitrogens is 1. The molecule has 4 rings (SSSR count). The molecule has 0 aliphatic carbocycles. The lowest BCUT2D eigenvalue weighted by molar-refractivity contribution is 0.0296. The van der Waals surface area contributed by atoms with Gasteiger partial charge >= 0.3 is 0 Å². The first-order valence-electron chi connectivity index (χ1n) is 8.26. The number of benzene rings is 1. The quantitative estimate of drug-likeness (QED) is 0.838. The molecular formula is C18H20N2O3S. The van der Waals surface area contributed by atoms with Gasteiger partial charge in [-0.3, -0.25) is 4.79 Å². The number of ether oxygens (including phenoxy) is 1. The molecule has 0 unspecified atom stereocenters. The van der Waals surface area contributed by atoms with Gasteiger partial charge in [-0.25, -0.2) is 0 Å². The van der Waals surface area contributed by atoms with Crippen molar-refractivity contribution in [3.05, 3.63) is 41.7 Å². The van der Waals surface area contributed by atoms with Crippen molar-refractivity contribution in [2.75, 3.05) is 25.5 Å². The molecule has 1 aromatic heterocycles. The molecule has 2 aromatic rings. The van der Waals surface area contributed by atoms with E-state index in [9.17, 15) is 4.79 Å². The van der Waals surface area contributed by atoms with Gasteiger partial charge in [0.1, 0.15) is 5.69 Å². The molecule has 0 bridgehead atoms. The van der Waals surface area contributed by atoms with Crippen molar-refractivity contribution in [2.24, 2.45) is 0 Å². The molecule has 24 heavy (non-hydrogen) atoms. The van der Waals surface area contributed by atoms with Crippen molar-refractivity contribution in [1.82, 2.24) is 10.1 Å². The molecule has 0 radical (unpaired) electrons. The van der Waals surface area contributed by atoms with Gasteiger partial charge in [0.25, 0.3) is 5.91 Å². The van der Waals surface area contributed by atoms with E-state index in [0.717, 1.165) is 37.5 Å². The van der Waals surface area contributed by atoms with E-state index in [2.05, 4.69) is 5.16 Å². The highest BCUT2D eigenvalue weighted by molar-refractivity contribution is 8.00. The molecule has 0 spiro atoms. The smallest absolute Gasteiger partial charge is 0.292 e. The fourth-order valence-corrected chi connectivity index (χ4v) is 4.62. The minimum absolute atomic E-state index is 0.0574. The summed E-state index contributed by atoms with van der Waals surface area (Å²) in [6, 6.07) is 10.0. The Balaban J connectivity index is 1.55. The van der Waals surface area contributed by atoms with Crippen LogP contribution in [0.25, 0.3) is 11.3 Å². The molecule has 2 atom stereocenters. The molecule has 3 heterocycles. The third-order valence-electron chi connectivity index (χ3n) is 4.66. The van der Waals surface area contributed by atoms with Crippen LogP contribution in [0, 0.1) is 6.92 Å². The van der Waals surface area contributed by atoms with Crippen LogP contribution in [0.4, 0.5) is 0 Å². The fourth-order valence-electron chi connectivity index (χ4n) is 3.31. The monoisotopic (exact) mass is 344 g/mol. The van der Waals surface area contributed by atoms with Gasteiger partial charge < -0.3 is 14.2 Å². The summed E-state index contributed by atoms with van der Waals surface area (Å²) in [5.74, 6) is 1.20. The van der Waals surface area contributed by atoms with Crippen LogP contribution in [-0.2, 0) is 4.74 Å². The third kappa shape index (κ3) is 2.96. The van der Waals surface area contributed by atoms with Gasteiger partial charge in [-0.2, -0.15) is 11.8 Å². The van der Waals surface area contributed by atoms with Gasteiger partial charge in [0.2, 0.25) is 5.76 Å². The summed E-state index contributed by atoms with van der Waals surface area (Å²) in [6.07, 6.45) is 0.891. The van der Waals surface area contributed by atoms with Crippen LogP contribution in [0.1, 0.15) is 22.5 Å². The van der Waals surface area contributed by atoms with Crippen molar-refractivity contribution in [2.45, 2.75) is 24.6 Å². The lowest BCUT2D eigenvalue weighted by Gasteiger charge is -2.42. The van der Waals surface area contributed by atoms with Crippen LogP contribution in [0.2, 0.25) is 0 Å². The Morgan fingerprint density at radius 1 is 1.33 bits per heavy atom. The average molecular weight is 344 g/mol. The Morgan fingerprint density at radius 2 is 2.17 bits per heavy atom. The molecule has 2 aliphatic rings. The van der Waals surface area contributed by atoms with Crippen molar-refractivity contribution < 1.29 is 14.1 Å². The summed E-state index contributed by atoms with van der Waals surface area (Å²) in [5, 5.41) is 4.45. The van der Waals surface area contributed by atoms with E-state index in [1.165, 1.54) is 5.56 Å².